The Balaban J connectivity index is 1.88. The SMILES string of the molecule is Cc1cccc2nc(CN3CCC(O)CC3)cc(=O)n12. The van der Waals surface area contributed by atoms with Crippen molar-refractivity contribution in [2.75, 3.05) is 13.1 Å². The van der Waals surface area contributed by atoms with E-state index in [4.69, 9.17) is 0 Å². The summed E-state index contributed by atoms with van der Waals surface area (Å²) in [6, 6.07) is 7.29. The summed E-state index contributed by atoms with van der Waals surface area (Å²) in [6.07, 6.45) is 1.42. The number of likely N-dealkylation sites (tertiary alicyclic amines) is 1. The van der Waals surface area contributed by atoms with Crippen LogP contribution in [0.25, 0.3) is 5.65 Å². The van der Waals surface area contributed by atoms with E-state index in [2.05, 4.69) is 9.88 Å². The third kappa shape index (κ3) is 2.59. The summed E-state index contributed by atoms with van der Waals surface area (Å²) in [5.41, 5.74) is 2.37. The molecule has 1 fully saturated rings. The Morgan fingerprint density at radius 3 is 2.85 bits per heavy atom. The number of rotatable bonds is 2. The van der Waals surface area contributed by atoms with Crippen LogP contribution in [0.15, 0.2) is 29.1 Å². The minimum atomic E-state index is -0.177. The molecule has 1 aliphatic rings. The van der Waals surface area contributed by atoms with E-state index in [0.717, 1.165) is 37.3 Å². The average molecular weight is 273 g/mol. The zero-order chi connectivity index (χ0) is 14.1. The van der Waals surface area contributed by atoms with Crippen molar-refractivity contribution < 1.29 is 5.11 Å². The number of aromatic nitrogens is 2. The Morgan fingerprint density at radius 1 is 1.35 bits per heavy atom. The van der Waals surface area contributed by atoms with E-state index in [0.29, 0.717) is 12.2 Å². The molecule has 3 heterocycles. The molecule has 2 aromatic heterocycles. The monoisotopic (exact) mass is 273 g/mol. The lowest BCUT2D eigenvalue weighted by atomic mass is 10.1. The van der Waals surface area contributed by atoms with E-state index in [9.17, 15) is 9.90 Å². The van der Waals surface area contributed by atoms with E-state index in [1.165, 1.54) is 0 Å². The first kappa shape index (κ1) is 13.3. The van der Waals surface area contributed by atoms with Gasteiger partial charge >= 0.3 is 0 Å². The van der Waals surface area contributed by atoms with Crippen molar-refractivity contribution in [2.45, 2.75) is 32.4 Å². The number of hydrogen-bond acceptors (Lipinski definition) is 4. The predicted molar refractivity (Wildman–Crippen MR) is 76.7 cm³/mol. The minimum Gasteiger partial charge on any atom is -0.393 e. The molecule has 0 spiro atoms. The van der Waals surface area contributed by atoms with Gasteiger partial charge in [-0.2, -0.15) is 0 Å². The number of aryl methyl sites for hydroxylation is 1. The summed E-state index contributed by atoms with van der Waals surface area (Å²) in [5, 5.41) is 9.51. The van der Waals surface area contributed by atoms with E-state index >= 15 is 0 Å². The highest BCUT2D eigenvalue weighted by molar-refractivity contribution is 5.40. The van der Waals surface area contributed by atoms with Crippen molar-refractivity contribution in [1.82, 2.24) is 14.3 Å². The number of hydrogen-bond donors (Lipinski definition) is 1. The van der Waals surface area contributed by atoms with E-state index < -0.39 is 0 Å². The van der Waals surface area contributed by atoms with Gasteiger partial charge in [-0.25, -0.2) is 4.98 Å². The lowest BCUT2D eigenvalue weighted by molar-refractivity contribution is 0.0787. The number of aliphatic hydroxyl groups excluding tert-OH is 1. The maximum atomic E-state index is 12.2. The Kier molecular flexibility index (Phi) is 3.54. The third-order valence-corrected chi connectivity index (χ3v) is 3.88. The van der Waals surface area contributed by atoms with Gasteiger partial charge in [-0.05, 0) is 31.9 Å². The standard InChI is InChI=1S/C15H19N3O2/c1-11-3-2-4-14-16-12(9-15(20)18(11)14)10-17-7-5-13(19)6-8-17/h2-4,9,13,19H,5-8,10H2,1H3. The van der Waals surface area contributed by atoms with Crippen LogP contribution in [0, 0.1) is 6.92 Å². The fourth-order valence-electron chi connectivity index (χ4n) is 2.75. The minimum absolute atomic E-state index is 0.0276. The molecule has 3 rings (SSSR count). The molecule has 0 radical (unpaired) electrons. The van der Waals surface area contributed by atoms with Gasteiger partial charge in [-0.3, -0.25) is 14.1 Å². The molecule has 20 heavy (non-hydrogen) atoms. The van der Waals surface area contributed by atoms with Gasteiger partial charge in [0.25, 0.3) is 5.56 Å². The topological polar surface area (TPSA) is 57.8 Å². The zero-order valence-corrected chi connectivity index (χ0v) is 11.6. The Hall–Kier alpha value is -1.72. The van der Waals surface area contributed by atoms with E-state index in [1.807, 2.05) is 25.1 Å². The van der Waals surface area contributed by atoms with Crippen molar-refractivity contribution >= 4 is 5.65 Å². The van der Waals surface area contributed by atoms with Gasteiger partial charge in [0.1, 0.15) is 5.65 Å². The first-order chi connectivity index (χ1) is 9.63. The number of fused-ring (bicyclic) bond motifs is 1. The normalized spacial score (nSPS) is 17.7. The van der Waals surface area contributed by atoms with Crippen molar-refractivity contribution in [2.24, 2.45) is 0 Å². The molecule has 0 unspecified atom stereocenters. The van der Waals surface area contributed by atoms with Gasteiger partial charge in [0, 0.05) is 31.4 Å². The molecular formula is C15H19N3O2. The van der Waals surface area contributed by atoms with Gasteiger partial charge in [-0.1, -0.05) is 6.07 Å². The van der Waals surface area contributed by atoms with Crippen molar-refractivity contribution in [3.8, 4) is 0 Å². The van der Waals surface area contributed by atoms with Gasteiger partial charge < -0.3 is 5.11 Å². The van der Waals surface area contributed by atoms with Crippen LogP contribution in [-0.2, 0) is 6.54 Å². The van der Waals surface area contributed by atoms with Crippen LogP contribution < -0.4 is 5.56 Å². The second-order valence-corrected chi connectivity index (χ2v) is 5.45. The number of pyridine rings is 1. The quantitative estimate of drug-likeness (QED) is 0.885. The summed E-state index contributed by atoms with van der Waals surface area (Å²) in [6.45, 7) is 4.29. The molecule has 5 nitrogen and oxygen atoms in total. The highest BCUT2D eigenvalue weighted by Crippen LogP contribution is 2.12. The lowest BCUT2D eigenvalue weighted by Crippen LogP contribution is -2.36. The average Bonchev–Trinajstić information content (AvgIpc) is 2.41. The smallest absolute Gasteiger partial charge is 0.258 e. The molecule has 0 amide bonds. The van der Waals surface area contributed by atoms with Crippen LogP contribution in [0.5, 0.6) is 0 Å². The highest BCUT2D eigenvalue weighted by atomic mass is 16.3. The van der Waals surface area contributed by atoms with Gasteiger partial charge in [0.15, 0.2) is 0 Å². The van der Waals surface area contributed by atoms with E-state index in [-0.39, 0.29) is 11.7 Å². The molecule has 0 bridgehead atoms. The zero-order valence-electron chi connectivity index (χ0n) is 11.6. The molecule has 1 aliphatic heterocycles. The Labute approximate surface area is 117 Å². The predicted octanol–water partition coefficient (Wildman–Crippen LogP) is 0.960. The van der Waals surface area contributed by atoms with Crippen LogP contribution in [0.3, 0.4) is 0 Å². The maximum Gasteiger partial charge on any atom is 0.258 e. The first-order valence-electron chi connectivity index (χ1n) is 7.02. The molecule has 1 N–H and O–H groups in total. The third-order valence-electron chi connectivity index (χ3n) is 3.88. The highest BCUT2D eigenvalue weighted by Gasteiger charge is 2.17. The van der Waals surface area contributed by atoms with Gasteiger partial charge in [0.2, 0.25) is 0 Å². The fourth-order valence-corrected chi connectivity index (χ4v) is 2.75. The Bertz CT molecular complexity index is 672. The number of nitrogens with zero attached hydrogens (tertiary/aromatic N) is 3. The van der Waals surface area contributed by atoms with Crippen molar-refractivity contribution in [3.05, 3.63) is 46.0 Å². The second-order valence-electron chi connectivity index (χ2n) is 5.45. The summed E-state index contributed by atoms with van der Waals surface area (Å²) < 4.78 is 1.63. The van der Waals surface area contributed by atoms with Gasteiger partial charge in [-0.15, -0.1) is 0 Å². The number of piperidine rings is 1. The van der Waals surface area contributed by atoms with Crippen LogP contribution in [0.4, 0.5) is 0 Å². The first-order valence-corrected chi connectivity index (χ1v) is 7.02. The van der Waals surface area contributed by atoms with E-state index in [1.54, 1.807) is 10.5 Å². The molecule has 2 aromatic rings. The van der Waals surface area contributed by atoms with Crippen LogP contribution in [0.1, 0.15) is 24.2 Å². The maximum absolute atomic E-state index is 12.2. The summed E-state index contributed by atoms with van der Waals surface area (Å²) in [5.74, 6) is 0. The molecule has 0 aliphatic carbocycles. The molecule has 5 heteroatoms. The van der Waals surface area contributed by atoms with Crippen molar-refractivity contribution in [1.29, 1.82) is 0 Å². The molecular weight excluding hydrogens is 254 g/mol. The molecule has 0 atom stereocenters. The fraction of sp³-hybridized carbons (Fsp3) is 0.467. The molecule has 1 saturated heterocycles. The second kappa shape index (κ2) is 5.34. The molecule has 0 saturated carbocycles. The molecule has 106 valence electrons. The van der Waals surface area contributed by atoms with Crippen LogP contribution in [0.2, 0.25) is 0 Å². The van der Waals surface area contributed by atoms with Gasteiger partial charge in [0.05, 0.1) is 11.8 Å². The van der Waals surface area contributed by atoms with Crippen LogP contribution >= 0.6 is 0 Å². The summed E-state index contributed by atoms with van der Waals surface area (Å²) >= 11 is 0. The van der Waals surface area contributed by atoms with Crippen LogP contribution in [-0.4, -0.2) is 38.6 Å². The summed E-state index contributed by atoms with van der Waals surface area (Å²) in [7, 11) is 0. The van der Waals surface area contributed by atoms with Crippen molar-refractivity contribution in [3.63, 3.8) is 0 Å². The molecule has 0 aromatic carbocycles. The largest absolute Gasteiger partial charge is 0.393 e. The number of aliphatic hydroxyl groups is 1. The lowest BCUT2D eigenvalue weighted by Gasteiger charge is -2.29. The summed E-state index contributed by atoms with van der Waals surface area (Å²) in [4.78, 5) is 19.0. The Morgan fingerprint density at radius 2 is 2.10 bits per heavy atom.